The summed E-state index contributed by atoms with van der Waals surface area (Å²) in [5.74, 6) is 1.69. The van der Waals surface area contributed by atoms with E-state index in [2.05, 4.69) is 47.1 Å². The van der Waals surface area contributed by atoms with E-state index in [1.807, 2.05) is 0 Å². The maximum absolute atomic E-state index is 3.77. The van der Waals surface area contributed by atoms with Gasteiger partial charge in [-0.3, -0.25) is 4.90 Å². The van der Waals surface area contributed by atoms with Gasteiger partial charge in [-0.1, -0.05) is 29.8 Å². The molecule has 2 nitrogen and oxygen atoms in total. The SMILES string of the molecule is CC1=CCC2CN3CCc4c([nH]c5ccccc45)C3C2C1. The van der Waals surface area contributed by atoms with E-state index in [0.29, 0.717) is 6.04 Å². The third-order valence-corrected chi connectivity index (χ3v) is 5.99. The Kier molecular flexibility index (Phi) is 2.43. The maximum atomic E-state index is 3.77. The average molecular weight is 278 g/mol. The van der Waals surface area contributed by atoms with Crippen LogP contribution in [0.25, 0.3) is 10.9 Å². The highest BCUT2D eigenvalue weighted by Gasteiger charge is 2.46. The molecule has 0 bridgehead atoms. The summed E-state index contributed by atoms with van der Waals surface area (Å²) >= 11 is 0. The van der Waals surface area contributed by atoms with E-state index >= 15 is 0 Å². The molecular formula is C19H22N2. The second-order valence-corrected chi connectivity index (χ2v) is 7.17. The topological polar surface area (TPSA) is 19.0 Å². The minimum atomic E-state index is 0.634. The molecule has 1 aromatic heterocycles. The molecule has 3 aliphatic rings. The smallest absolute Gasteiger partial charge is 0.0536 e. The van der Waals surface area contributed by atoms with Crippen LogP contribution in [0.4, 0.5) is 0 Å². The molecular weight excluding hydrogens is 256 g/mol. The van der Waals surface area contributed by atoms with Gasteiger partial charge >= 0.3 is 0 Å². The van der Waals surface area contributed by atoms with Gasteiger partial charge in [0.2, 0.25) is 0 Å². The molecule has 21 heavy (non-hydrogen) atoms. The Balaban J connectivity index is 1.65. The minimum Gasteiger partial charge on any atom is -0.357 e. The van der Waals surface area contributed by atoms with Gasteiger partial charge in [-0.15, -0.1) is 0 Å². The van der Waals surface area contributed by atoms with Crippen LogP contribution in [0.5, 0.6) is 0 Å². The molecule has 1 aromatic carbocycles. The highest BCUT2D eigenvalue weighted by molar-refractivity contribution is 5.85. The van der Waals surface area contributed by atoms with Crippen LogP contribution in [0.15, 0.2) is 35.9 Å². The Morgan fingerprint density at radius 3 is 3.10 bits per heavy atom. The molecule has 2 aromatic rings. The largest absolute Gasteiger partial charge is 0.357 e. The standard InChI is InChI=1S/C19H22N2/c1-12-6-7-13-11-21-9-8-15-14-4-2-3-5-17(14)20-18(15)19(21)16(13)10-12/h2-6,13,16,19-20H,7-11H2,1H3. The van der Waals surface area contributed by atoms with Crippen LogP contribution in [0, 0.1) is 11.8 Å². The summed E-state index contributed by atoms with van der Waals surface area (Å²) in [6, 6.07) is 9.48. The summed E-state index contributed by atoms with van der Waals surface area (Å²) in [6.45, 7) is 4.85. The number of H-pyrrole nitrogens is 1. The fourth-order valence-electron chi connectivity index (χ4n) is 5.04. The molecule has 3 heterocycles. The molecule has 108 valence electrons. The molecule has 0 amide bonds. The molecule has 5 rings (SSSR count). The second-order valence-electron chi connectivity index (χ2n) is 7.17. The molecule has 3 unspecified atom stereocenters. The zero-order chi connectivity index (χ0) is 14.0. The Hall–Kier alpha value is -1.54. The number of fused-ring (bicyclic) bond motifs is 7. The van der Waals surface area contributed by atoms with Crippen LogP contribution in [-0.2, 0) is 6.42 Å². The predicted octanol–water partition coefficient (Wildman–Crippen LogP) is 4.05. The van der Waals surface area contributed by atoms with E-state index in [0.717, 1.165) is 11.8 Å². The van der Waals surface area contributed by atoms with E-state index in [-0.39, 0.29) is 0 Å². The van der Waals surface area contributed by atoms with E-state index in [9.17, 15) is 0 Å². The van der Waals surface area contributed by atoms with Crippen LogP contribution in [0.1, 0.15) is 37.1 Å². The Bertz CT molecular complexity index is 739. The Morgan fingerprint density at radius 1 is 1.24 bits per heavy atom. The van der Waals surface area contributed by atoms with Crippen molar-refractivity contribution in [3.63, 3.8) is 0 Å². The summed E-state index contributed by atoms with van der Waals surface area (Å²) in [5.41, 5.74) is 6.06. The van der Waals surface area contributed by atoms with Crippen LogP contribution in [0.3, 0.4) is 0 Å². The zero-order valence-electron chi connectivity index (χ0n) is 12.6. The number of rotatable bonds is 0. The lowest BCUT2D eigenvalue weighted by molar-refractivity contribution is 0.210. The first kappa shape index (κ1) is 12.0. The molecule has 1 N–H and O–H groups in total. The van der Waals surface area contributed by atoms with Crippen molar-refractivity contribution in [1.82, 2.24) is 9.88 Å². The number of para-hydroxylation sites is 1. The van der Waals surface area contributed by atoms with Crippen LogP contribution < -0.4 is 0 Å². The number of hydrogen-bond donors (Lipinski definition) is 1. The number of nitrogens with one attached hydrogen (secondary N) is 1. The van der Waals surface area contributed by atoms with E-state index in [1.54, 1.807) is 11.1 Å². The van der Waals surface area contributed by atoms with Crippen molar-refractivity contribution < 1.29 is 0 Å². The molecule has 1 fully saturated rings. The lowest BCUT2D eigenvalue weighted by Gasteiger charge is -2.34. The van der Waals surface area contributed by atoms with Crippen molar-refractivity contribution in [3.05, 3.63) is 47.2 Å². The van der Waals surface area contributed by atoms with Crippen molar-refractivity contribution in [2.24, 2.45) is 11.8 Å². The van der Waals surface area contributed by atoms with Crippen molar-refractivity contribution in [3.8, 4) is 0 Å². The van der Waals surface area contributed by atoms with Crippen molar-refractivity contribution in [1.29, 1.82) is 0 Å². The van der Waals surface area contributed by atoms with Gasteiger partial charge in [0.15, 0.2) is 0 Å². The van der Waals surface area contributed by atoms with E-state index < -0.39 is 0 Å². The molecule has 1 aliphatic carbocycles. The second kappa shape index (κ2) is 4.23. The monoisotopic (exact) mass is 278 g/mol. The minimum absolute atomic E-state index is 0.634. The highest BCUT2D eigenvalue weighted by atomic mass is 15.2. The molecule has 2 heteroatoms. The molecule has 2 aliphatic heterocycles. The third-order valence-electron chi connectivity index (χ3n) is 5.99. The zero-order valence-corrected chi connectivity index (χ0v) is 12.6. The van der Waals surface area contributed by atoms with Gasteiger partial charge in [-0.25, -0.2) is 0 Å². The van der Waals surface area contributed by atoms with Gasteiger partial charge < -0.3 is 4.98 Å². The first-order valence-corrected chi connectivity index (χ1v) is 8.30. The van der Waals surface area contributed by atoms with E-state index in [1.165, 1.54) is 48.9 Å². The predicted molar refractivity (Wildman–Crippen MR) is 86.3 cm³/mol. The van der Waals surface area contributed by atoms with Gasteiger partial charge in [0, 0.05) is 29.7 Å². The maximum Gasteiger partial charge on any atom is 0.0536 e. The molecule has 0 saturated carbocycles. The van der Waals surface area contributed by atoms with Crippen LogP contribution in [0.2, 0.25) is 0 Å². The first-order chi connectivity index (χ1) is 10.3. The number of nitrogens with zero attached hydrogens (tertiary/aromatic N) is 1. The van der Waals surface area contributed by atoms with Crippen molar-refractivity contribution >= 4 is 10.9 Å². The van der Waals surface area contributed by atoms with Gasteiger partial charge in [0.1, 0.15) is 0 Å². The van der Waals surface area contributed by atoms with Crippen molar-refractivity contribution in [2.45, 2.75) is 32.2 Å². The van der Waals surface area contributed by atoms with Gasteiger partial charge in [-0.2, -0.15) is 0 Å². The van der Waals surface area contributed by atoms with Crippen LogP contribution >= 0.6 is 0 Å². The molecule has 3 atom stereocenters. The summed E-state index contributed by atoms with van der Waals surface area (Å²) in [6.07, 6.45) is 6.27. The summed E-state index contributed by atoms with van der Waals surface area (Å²) < 4.78 is 0. The normalized spacial score (nSPS) is 31.7. The Labute approximate surface area is 125 Å². The fourth-order valence-corrected chi connectivity index (χ4v) is 5.04. The number of aromatic amines is 1. The molecule has 1 saturated heterocycles. The van der Waals surface area contributed by atoms with Crippen molar-refractivity contribution in [2.75, 3.05) is 13.1 Å². The summed E-state index contributed by atoms with van der Waals surface area (Å²) in [7, 11) is 0. The highest BCUT2D eigenvalue weighted by Crippen LogP contribution is 2.50. The number of allylic oxidation sites excluding steroid dienone is 2. The fraction of sp³-hybridized carbons (Fsp3) is 0.474. The summed E-state index contributed by atoms with van der Waals surface area (Å²) in [4.78, 5) is 6.52. The van der Waals surface area contributed by atoms with Gasteiger partial charge in [0.25, 0.3) is 0 Å². The quantitative estimate of drug-likeness (QED) is 0.720. The average Bonchev–Trinajstić information content (AvgIpc) is 3.04. The van der Waals surface area contributed by atoms with Crippen LogP contribution in [-0.4, -0.2) is 23.0 Å². The summed E-state index contributed by atoms with van der Waals surface area (Å²) in [5, 5.41) is 1.46. The number of aromatic nitrogens is 1. The Morgan fingerprint density at radius 2 is 2.14 bits per heavy atom. The lowest BCUT2D eigenvalue weighted by Crippen LogP contribution is -2.32. The third kappa shape index (κ3) is 1.63. The van der Waals surface area contributed by atoms with E-state index in [4.69, 9.17) is 0 Å². The molecule has 0 radical (unpaired) electrons. The first-order valence-electron chi connectivity index (χ1n) is 8.30. The number of hydrogen-bond acceptors (Lipinski definition) is 1. The lowest BCUT2D eigenvalue weighted by atomic mass is 9.77. The molecule has 0 spiro atoms. The van der Waals surface area contributed by atoms with Gasteiger partial charge in [-0.05, 0) is 49.7 Å². The number of benzene rings is 1. The van der Waals surface area contributed by atoms with Gasteiger partial charge in [0.05, 0.1) is 6.04 Å².